The number of hydrogen-bond acceptors (Lipinski definition) is 6. The Balaban J connectivity index is 1.74. The van der Waals surface area contributed by atoms with E-state index in [0.29, 0.717) is 5.56 Å². The van der Waals surface area contributed by atoms with Crippen LogP contribution in [0.15, 0.2) is 41.4 Å². The second-order valence-electron chi connectivity index (χ2n) is 7.60. The number of aromatic nitrogens is 1. The highest BCUT2D eigenvalue weighted by Gasteiger charge is 2.49. The summed E-state index contributed by atoms with van der Waals surface area (Å²) in [5, 5.41) is 9.31. The number of carbonyl (C=O) groups is 1. The number of fused-ring (bicyclic) bond motifs is 1. The third kappa shape index (κ3) is 3.50. The van der Waals surface area contributed by atoms with Crippen molar-refractivity contribution in [2.45, 2.75) is 36.8 Å². The molecule has 1 aromatic heterocycles. The molecule has 4 rings (SSSR count). The Kier molecular flexibility index (Phi) is 4.84. The summed E-state index contributed by atoms with van der Waals surface area (Å²) in [6.45, 7) is 4.28. The lowest BCUT2D eigenvalue weighted by Gasteiger charge is -2.41. The van der Waals surface area contributed by atoms with Crippen molar-refractivity contribution in [1.82, 2.24) is 9.29 Å². The number of pyridine rings is 1. The summed E-state index contributed by atoms with van der Waals surface area (Å²) >= 11 is 0. The number of ether oxygens (including phenoxy) is 2. The lowest BCUT2D eigenvalue weighted by molar-refractivity contribution is -0.166. The Hall–Kier alpha value is -2.49. The zero-order valence-corrected chi connectivity index (χ0v) is 17.0. The summed E-state index contributed by atoms with van der Waals surface area (Å²) in [6.07, 6.45) is 1.50. The summed E-state index contributed by atoms with van der Waals surface area (Å²) in [4.78, 5) is 15.5. The molecule has 0 bridgehead atoms. The van der Waals surface area contributed by atoms with E-state index in [1.807, 2.05) is 13.0 Å². The minimum Gasteiger partial charge on any atom is -0.481 e. The van der Waals surface area contributed by atoms with E-state index < -0.39 is 27.5 Å². The van der Waals surface area contributed by atoms with Gasteiger partial charge in [0, 0.05) is 12.7 Å². The maximum absolute atomic E-state index is 13.4. The van der Waals surface area contributed by atoms with Crippen LogP contribution in [0.3, 0.4) is 0 Å². The van der Waals surface area contributed by atoms with Crippen molar-refractivity contribution in [1.29, 1.82) is 0 Å². The molecular weight excluding hydrogens is 396 g/mol. The van der Waals surface area contributed by atoms with Gasteiger partial charge < -0.3 is 14.6 Å². The Morgan fingerprint density at radius 2 is 2.10 bits per heavy atom. The van der Waals surface area contributed by atoms with Crippen molar-refractivity contribution in [3.63, 3.8) is 0 Å². The number of aliphatic carboxylic acids is 1. The first-order valence-corrected chi connectivity index (χ1v) is 10.7. The minimum absolute atomic E-state index is 0.0245. The molecule has 2 aliphatic rings. The van der Waals surface area contributed by atoms with Crippen LogP contribution in [0.2, 0.25) is 0 Å². The first kappa shape index (κ1) is 19.8. The number of rotatable bonds is 4. The van der Waals surface area contributed by atoms with Gasteiger partial charge in [0.05, 0.1) is 25.7 Å². The summed E-state index contributed by atoms with van der Waals surface area (Å²) in [6, 6.07) is 8.40. The molecule has 29 heavy (non-hydrogen) atoms. The van der Waals surface area contributed by atoms with Gasteiger partial charge in [0.2, 0.25) is 15.9 Å². The Labute approximate surface area is 169 Å². The first-order chi connectivity index (χ1) is 13.7. The van der Waals surface area contributed by atoms with Crippen LogP contribution in [-0.2, 0) is 26.1 Å². The molecule has 0 aliphatic carbocycles. The lowest BCUT2D eigenvalue weighted by atomic mass is 9.96. The molecule has 1 saturated heterocycles. The van der Waals surface area contributed by atoms with Gasteiger partial charge in [-0.3, -0.25) is 4.79 Å². The molecule has 1 spiro atoms. The summed E-state index contributed by atoms with van der Waals surface area (Å²) < 4.78 is 39.4. The number of sulfonamides is 1. The largest absolute Gasteiger partial charge is 0.481 e. The monoisotopic (exact) mass is 418 g/mol. The van der Waals surface area contributed by atoms with Gasteiger partial charge in [-0.05, 0) is 42.7 Å². The number of aryl methyl sites for hydroxylation is 1. The number of carboxylic acids is 1. The normalized spacial score (nSPS) is 20.8. The zero-order chi connectivity index (χ0) is 20.8. The fourth-order valence-corrected chi connectivity index (χ4v) is 5.07. The Morgan fingerprint density at radius 1 is 1.34 bits per heavy atom. The van der Waals surface area contributed by atoms with E-state index >= 15 is 0 Å². The smallest absolute Gasteiger partial charge is 0.310 e. The molecule has 0 amide bonds. The number of hydrogen-bond donors (Lipinski definition) is 1. The number of benzene rings is 1. The molecule has 1 aromatic carbocycles. The molecule has 2 aromatic rings. The van der Waals surface area contributed by atoms with Gasteiger partial charge >= 0.3 is 5.97 Å². The number of carboxylic acid groups (broad SMARTS) is 1. The summed E-state index contributed by atoms with van der Waals surface area (Å²) in [5.41, 5.74) is 1.50. The highest BCUT2D eigenvalue weighted by Crippen LogP contribution is 2.37. The van der Waals surface area contributed by atoms with Gasteiger partial charge in [0.1, 0.15) is 4.90 Å². The third-order valence-electron chi connectivity index (χ3n) is 5.45. The van der Waals surface area contributed by atoms with Crippen LogP contribution in [0, 0.1) is 6.92 Å². The van der Waals surface area contributed by atoms with Crippen molar-refractivity contribution >= 4 is 16.0 Å². The molecular formula is C20H22N2O6S. The molecule has 8 nitrogen and oxygen atoms in total. The average Bonchev–Trinajstić information content (AvgIpc) is 2.76. The second kappa shape index (κ2) is 7.08. The third-order valence-corrected chi connectivity index (χ3v) is 7.26. The molecule has 154 valence electrons. The van der Waals surface area contributed by atoms with Crippen LogP contribution in [0.1, 0.15) is 29.5 Å². The van der Waals surface area contributed by atoms with E-state index in [9.17, 15) is 18.3 Å². The van der Waals surface area contributed by atoms with Gasteiger partial charge in [-0.1, -0.05) is 18.2 Å². The van der Waals surface area contributed by atoms with Gasteiger partial charge in [0.25, 0.3) is 0 Å². The molecule has 0 saturated carbocycles. The van der Waals surface area contributed by atoms with Gasteiger partial charge in [0.15, 0.2) is 5.60 Å². The van der Waals surface area contributed by atoms with Gasteiger partial charge in [-0.2, -0.15) is 4.31 Å². The first-order valence-electron chi connectivity index (χ1n) is 9.26. The van der Waals surface area contributed by atoms with Gasteiger partial charge in [-0.15, -0.1) is 0 Å². The fraction of sp³-hybridized carbons (Fsp3) is 0.400. The molecule has 9 heteroatoms. The quantitative estimate of drug-likeness (QED) is 0.809. The standard InChI is InChI=1S/C20H22N2O6S/c1-13-5-6-15(14(2)19(23)24)8-16(13)9-22-10-20(11-27-12-20)28-18-17(29(22,25)26)4-3-7-21-18/h3-8,14H,9-12H2,1-2H3,(H,23,24). The predicted octanol–water partition coefficient (Wildman–Crippen LogP) is 1.93. The van der Waals surface area contributed by atoms with E-state index in [-0.39, 0.29) is 37.1 Å². The highest BCUT2D eigenvalue weighted by atomic mass is 32.2. The second-order valence-corrected chi connectivity index (χ2v) is 9.51. The molecule has 1 fully saturated rings. The molecule has 1 N–H and O–H groups in total. The lowest BCUT2D eigenvalue weighted by Crippen LogP contribution is -2.60. The molecule has 3 heterocycles. The van der Waals surface area contributed by atoms with E-state index in [1.54, 1.807) is 25.1 Å². The van der Waals surface area contributed by atoms with Crippen LogP contribution >= 0.6 is 0 Å². The number of nitrogens with zero attached hydrogens (tertiary/aromatic N) is 2. The van der Waals surface area contributed by atoms with E-state index in [4.69, 9.17) is 9.47 Å². The van der Waals surface area contributed by atoms with E-state index in [2.05, 4.69) is 4.98 Å². The maximum atomic E-state index is 13.4. The zero-order valence-electron chi connectivity index (χ0n) is 16.2. The van der Waals surface area contributed by atoms with Crippen LogP contribution in [0.4, 0.5) is 0 Å². The van der Waals surface area contributed by atoms with Crippen LogP contribution < -0.4 is 4.74 Å². The minimum atomic E-state index is -3.86. The predicted molar refractivity (Wildman–Crippen MR) is 103 cm³/mol. The maximum Gasteiger partial charge on any atom is 0.310 e. The van der Waals surface area contributed by atoms with Crippen LogP contribution in [0.25, 0.3) is 0 Å². The van der Waals surface area contributed by atoms with Crippen molar-refractivity contribution in [3.8, 4) is 5.88 Å². The molecule has 1 unspecified atom stereocenters. The Morgan fingerprint density at radius 3 is 2.76 bits per heavy atom. The average molecular weight is 418 g/mol. The van der Waals surface area contributed by atoms with Gasteiger partial charge in [-0.25, -0.2) is 13.4 Å². The van der Waals surface area contributed by atoms with Crippen molar-refractivity contribution < 1.29 is 27.8 Å². The highest BCUT2D eigenvalue weighted by molar-refractivity contribution is 7.89. The molecule has 1 atom stereocenters. The summed E-state index contributed by atoms with van der Waals surface area (Å²) in [7, 11) is -3.86. The SMILES string of the molecule is Cc1ccc(C(C)C(=O)O)cc1CN1CC2(COC2)Oc2ncccc2S1(=O)=O. The molecule has 0 radical (unpaired) electrons. The molecule has 2 aliphatic heterocycles. The summed E-state index contributed by atoms with van der Waals surface area (Å²) in [5.74, 6) is -1.53. The topological polar surface area (TPSA) is 106 Å². The van der Waals surface area contributed by atoms with Crippen molar-refractivity contribution in [3.05, 3.63) is 53.2 Å². The Bertz CT molecular complexity index is 1060. The van der Waals surface area contributed by atoms with Crippen LogP contribution in [0.5, 0.6) is 5.88 Å². The fourth-order valence-electron chi connectivity index (χ4n) is 3.52. The van der Waals surface area contributed by atoms with Crippen LogP contribution in [-0.4, -0.2) is 54.1 Å². The van der Waals surface area contributed by atoms with Crippen molar-refractivity contribution in [2.24, 2.45) is 0 Å². The van der Waals surface area contributed by atoms with E-state index in [0.717, 1.165) is 11.1 Å². The van der Waals surface area contributed by atoms with E-state index in [1.165, 1.54) is 16.6 Å². The van der Waals surface area contributed by atoms with Crippen molar-refractivity contribution in [2.75, 3.05) is 19.8 Å².